The lowest BCUT2D eigenvalue weighted by Crippen LogP contribution is -2.46. The van der Waals surface area contributed by atoms with Crippen molar-refractivity contribution in [2.75, 3.05) is 31.1 Å². The summed E-state index contributed by atoms with van der Waals surface area (Å²) < 4.78 is 0. The summed E-state index contributed by atoms with van der Waals surface area (Å²) in [4.78, 5) is 9.16. The molecular formula is C18H21ClN6S. The number of thiocarbonyl (C=S) groups is 1. The van der Waals surface area contributed by atoms with Crippen LogP contribution in [-0.4, -0.2) is 47.4 Å². The summed E-state index contributed by atoms with van der Waals surface area (Å²) in [5.74, 6) is 0. The molecule has 0 saturated carbocycles. The number of nitrogens with one attached hydrogen (secondary N) is 1. The third-order valence-electron chi connectivity index (χ3n) is 4.21. The predicted octanol–water partition coefficient (Wildman–Crippen LogP) is 2.22. The minimum absolute atomic E-state index is 0.123. The van der Waals surface area contributed by atoms with Crippen molar-refractivity contribution in [2.45, 2.75) is 6.54 Å². The van der Waals surface area contributed by atoms with Crippen molar-refractivity contribution >= 4 is 40.8 Å². The predicted molar refractivity (Wildman–Crippen MR) is 111 cm³/mol. The molecule has 2 heterocycles. The van der Waals surface area contributed by atoms with Crippen LogP contribution in [0.3, 0.4) is 0 Å². The van der Waals surface area contributed by atoms with E-state index in [2.05, 4.69) is 37.4 Å². The maximum absolute atomic E-state index is 6.37. The second kappa shape index (κ2) is 8.93. The van der Waals surface area contributed by atoms with Gasteiger partial charge in [-0.05, 0) is 42.5 Å². The molecule has 0 radical (unpaired) electrons. The molecular weight excluding hydrogens is 368 g/mol. The summed E-state index contributed by atoms with van der Waals surface area (Å²) in [6, 6.07) is 12.0. The van der Waals surface area contributed by atoms with Crippen LogP contribution in [0, 0.1) is 0 Å². The van der Waals surface area contributed by atoms with E-state index < -0.39 is 0 Å². The molecule has 1 fully saturated rings. The third kappa shape index (κ3) is 5.14. The molecule has 136 valence electrons. The molecule has 6 nitrogen and oxygen atoms in total. The number of rotatable bonds is 5. The van der Waals surface area contributed by atoms with Gasteiger partial charge in [-0.1, -0.05) is 17.7 Å². The molecule has 1 aliphatic rings. The summed E-state index contributed by atoms with van der Waals surface area (Å²) in [6.45, 7) is 4.80. The van der Waals surface area contributed by atoms with Gasteiger partial charge < -0.3 is 10.6 Å². The molecule has 1 aromatic carbocycles. The van der Waals surface area contributed by atoms with E-state index in [1.54, 1.807) is 6.21 Å². The molecule has 26 heavy (non-hydrogen) atoms. The normalized spacial score (nSPS) is 15.3. The summed E-state index contributed by atoms with van der Waals surface area (Å²) in [5.41, 5.74) is 10.9. The van der Waals surface area contributed by atoms with Crippen molar-refractivity contribution in [3.8, 4) is 0 Å². The van der Waals surface area contributed by atoms with E-state index in [0.717, 1.165) is 49.7 Å². The van der Waals surface area contributed by atoms with E-state index in [9.17, 15) is 0 Å². The van der Waals surface area contributed by atoms with Gasteiger partial charge >= 0.3 is 0 Å². The molecule has 0 bridgehead atoms. The molecule has 3 N–H and O–H groups in total. The Morgan fingerprint density at radius 2 is 2.08 bits per heavy atom. The van der Waals surface area contributed by atoms with Gasteiger partial charge in [0.15, 0.2) is 5.11 Å². The lowest BCUT2D eigenvalue weighted by atomic mass is 10.2. The van der Waals surface area contributed by atoms with Gasteiger partial charge in [0.1, 0.15) is 0 Å². The molecule has 2 aromatic rings. The second-order valence-electron chi connectivity index (χ2n) is 6.02. The first kappa shape index (κ1) is 18.6. The first-order chi connectivity index (χ1) is 12.6. The van der Waals surface area contributed by atoms with E-state index in [-0.39, 0.29) is 5.11 Å². The van der Waals surface area contributed by atoms with Crippen LogP contribution in [0.4, 0.5) is 5.69 Å². The molecule has 0 amide bonds. The monoisotopic (exact) mass is 388 g/mol. The van der Waals surface area contributed by atoms with E-state index in [0.29, 0.717) is 5.02 Å². The number of hydrogen-bond acceptors (Lipinski definition) is 5. The fraction of sp³-hybridized carbons (Fsp3) is 0.278. The highest BCUT2D eigenvalue weighted by Crippen LogP contribution is 2.24. The van der Waals surface area contributed by atoms with Crippen LogP contribution >= 0.6 is 23.8 Å². The zero-order valence-corrected chi connectivity index (χ0v) is 15.9. The lowest BCUT2D eigenvalue weighted by molar-refractivity contribution is 0.247. The van der Waals surface area contributed by atoms with Gasteiger partial charge in [-0.25, -0.2) is 0 Å². The van der Waals surface area contributed by atoms with Crippen LogP contribution in [0.5, 0.6) is 0 Å². The number of aromatic nitrogens is 1. The minimum atomic E-state index is 0.123. The van der Waals surface area contributed by atoms with Gasteiger partial charge in [-0.15, -0.1) is 0 Å². The smallest absolute Gasteiger partial charge is 0.184 e. The van der Waals surface area contributed by atoms with Crippen LogP contribution in [0.15, 0.2) is 47.7 Å². The van der Waals surface area contributed by atoms with Crippen molar-refractivity contribution in [3.05, 3.63) is 58.9 Å². The molecule has 1 aromatic heterocycles. The Balaban J connectivity index is 1.56. The topological polar surface area (TPSA) is 69.8 Å². The van der Waals surface area contributed by atoms with Crippen molar-refractivity contribution in [1.82, 2.24) is 15.3 Å². The summed E-state index contributed by atoms with van der Waals surface area (Å²) in [7, 11) is 0. The Morgan fingerprint density at radius 3 is 2.73 bits per heavy atom. The molecule has 0 aliphatic carbocycles. The number of hydrazone groups is 1. The number of hydrogen-bond donors (Lipinski definition) is 2. The maximum atomic E-state index is 6.37. The quantitative estimate of drug-likeness (QED) is 0.465. The maximum Gasteiger partial charge on any atom is 0.184 e. The SMILES string of the molecule is NC(=S)NN=Cc1ccc(N2CCN(Cc3ccccn3)CC2)cc1Cl. The van der Waals surface area contributed by atoms with Crippen molar-refractivity contribution in [2.24, 2.45) is 10.8 Å². The highest BCUT2D eigenvalue weighted by atomic mass is 35.5. The van der Waals surface area contributed by atoms with Crippen LogP contribution in [0.1, 0.15) is 11.3 Å². The Labute approximate surface area is 163 Å². The van der Waals surface area contributed by atoms with Crippen LogP contribution in [0.25, 0.3) is 0 Å². The van der Waals surface area contributed by atoms with Gasteiger partial charge in [0.25, 0.3) is 0 Å². The van der Waals surface area contributed by atoms with E-state index in [1.165, 1.54) is 0 Å². The molecule has 1 aliphatic heterocycles. The van der Waals surface area contributed by atoms with Crippen molar-refractivity contribution < 1.29 is 0 Å². The largest absolute Gasteiger partial charge is 0.375 e. The molecule has 1 saturated heterocycles. The van der Waals surface area contributed by atoms with Gasteiger partial charge in [0.2, 0.25) is 0 Å². The summed E-state index contributed by atoms with van der Waals surface area (Å²) >= 11 is 11.1. The number of piperazine rings is 1. The Hall–Kier alpha value is -2.22. The van der Waals surface area contributed by atoms with Gasteiger partial charge in [-0.2, -0.15) is 5.10 Å². The van der Waals surface area contributed by atoms with Crippen molar-refractivity contribution in [3.63, 3.8) is 0 Å². The minimum Gasteiger partial charge on any atom is -0.375 e. The molecule has 8 heteroatoms. The fourth-order valence-corrected chi connectivity index (χ4v) is 3.14. The number of pyridine rings is 1. The average Bonchev–Trinajstić information content (AvgIpc) is 2.64. The third-order valence-corrected chi connectivity index (χ3v) is 4.63. The number of anilines is 1. The standard InChI is InChI=1S/C18H21ClN6S/c19-17-11-16(5-4-14(17)12-22-23-18(20)26)25-9-7-24(8-10-25)13-15-3-1-2-6-21-15/h1-6,11-12H,7-10,13H2,(H3,20,23,26). The lowest BCUT2D eigenvalue weighted by Gasteiger charge is -2.36. The Bertz CT molecular complexity index is 775. The highest BCUT2D eigenvalue weighted by molar-refractivity contribution is 7.80. The average molecular weight is 389 g/mol. The van der Waals surface area contributed by atoms with E-state index >= 15 is 0 Å². The van der Waals surface area contributed by atoms with Crippen molar-refractivity contribution in [1.29, 1.82) is 0 Å². The molecule has 0 atom stereocenters. The zero-order valence-electron chi connectivity index (χ0n) is 14.3. The highest BCUT2D eigenvalue weighted by Gasteiger charge is 2.18. The molecule has 0 spiro atoms. The Kier molecular flexibility index (Phi) is 6.38. The van der Waals surface area contributed by atoms with Crippen LogP contribution < -0.4 is 16.1 Å². The molecule has 3 rings (SSSR count). The van der Waals surface area contributed by atoms with E-state index in [4.69, 9.17) is 29.6 Å². The number of benzene rings is 1. The van der Waals surface area contributed by atoms with E-state index in [1.807, 2.05) is 30.5 Å². The second-order valence-corrected chi connectivity index (χ2v) is 6.87. The van der Waals surface area contributed by atoms with Gasteiger partial charge in [0.05, 0.1) is 16.9 Å². The number of nitrogens with zero attached hydrogens (tertiary/aromatic N) is 4. The molecule has 0 unspecified atom stereocenters. The van der Waals surface area contributed by atoms with Gasteiger partial charge in [-0.3, -0.25) is 15.3 Å². The fourth-order valence-electron chi connectivity index (χ4n) is 2.87. The first-order valence-electron chi connectivity index (χ1n) is 8.37. The zero-order chi connectivity index (χ0) is 18.4. The van der Waals surface area contributed by atoms with Gasteiger partial charge in [0, 0.05) is 50.2 Å². The number of nitrogens with two attached hydrogens (primary N) is 1. The summed E-state index contributed by atoms with van der Waals surface area (Å²) in [5, 5.41) is 4.71. The van der Waals surface area contributed by atoms with Crippen LogP contribution in [-0.2, 0) is 6.54 Å². The number of halogens is 1. The Morgan fingerprint density at radius 1 is 1.27 bits per heavy atom. The van der Waals surface area contributed by atoms with Crippen LogP contribution in [0.2, 0.25) is 5.02 Å². The summed E-state index contributed by atoms with van der Waals surface area (Å²) in [6.07, 6.45) is 3.45. The first-order valence-corrected chi connectivity index (χ1v) is 9.16.